The number of nitrogens with one attached hydrogen (secondary N) is 2. The largest absolute Gasteiger partial charge is 0.493 e. The first-order valence-electron chi connectivity index (χ1n) is 13.4. The quantitative estimate of drug-likeness (QED) is 0.515. The molecule has 10 nitrogen and oxygen atoms in total. The van der Waals surface area contributed by atoms with Crippen LogP contribution in [0.15, 0.2) is 34.2 Å². The third-order valence-corrected chi connectivity index (χ3v) is 10.5. The van der Waals surface area contributed by atoms with E-state index >= 15 is 0 Å². The molecule has 1 saturated heterocycles. The lowest BCUT2D eigenvalue weighted by molar-refractivity contribution is -0.125. The van der Waals surface area contributed by atoms with Gasteiger partial charge in [-0.05, 0) is 80.5 Å². The SMILES string of the molecule is Cc1cc(-n2c(O)c[nH]c2=O)ccc1CCS(=O)(=O)N1CCC2(CC1)N=C(C1CCC(C)(C)CC1)NC2=O. The summed E-state index contributed by atoms with van der Waals surface area (Å²) in [4.78, 5) is 32.2. The van der Waals surface area contributed by atoms with Crippen LogP contribution in [-0.2, 0) is 21.2 Å². The smallest absolute Gasteiger partial charge is 0.333 e. The molecular weight excluding hydrogens is 506 g/mol. The molecule has 1 saturated carbocycles. The van der Waals surface area contributed by atoms with Crippen LogP contribution in [0.3, 0.4) is 0 Å². The van der Waals surface area contributed by atoms with Crippen LogP contribution in [0.4, 0.5) is 0 Å². The van der Waals surface area contributed by atoms with Crippen molar-refractivity contribution in [3.8, 4) is 11.6 Å². The van der Waals surface area contributed by atoms with E-state index in [1.54, 1.807) is 18.2 Å². The third kappa shape index (κ3) is 5.05. The van der Waals surface area contributed by atoms with E-state index in [9.17, 15) is 23.1 Å². The first kappa shape index (κ1) is 26.7. The van der Waals surface area contributed by atoms with E-state index in [1.165, 1.54) is 10.5 Å². The number of aliphatic imine (C=N–C) groups is 1. The van der Waals surface area contributed by atoms with Crippen molar-refractivity contribution in [2.75, 3.05) is 18.8 Å². The van der Waals surface area contributed by atoms with E-state index in [4.69, 9.17) is 4.99 Å². The number of H-pyrrole nitrogens is 1. The van der Waals surface area contributed by atoms with Crippen LogP contribution < -0.4 is 11.0 Å². The second-order valence-corrected chi connectivity index (χ2v) is 13.9. The van der Waals surface area contributed by atoms with E-state index in [1.807, 2.05) is 6.92 Å². The summed E-state index contributed by atoms with van der Waals surface area (Å²) in [6, 6.07) is 5.23. The van der Waals surface area contributed by atoms with Crippen LogP contribution in [0.1, 0.15) is 63.5 Å². The number of amidine groups is 1. The molecular formula is C27H37N5O5S. The van der Waals surface area contributed by atoms with E-state index in [-0.39, 0.29) is 36.5 Å². The predicted octanol–water partition coefficient (Wildman–Crippen LogP) is 2.63. The summed E-state index contributed by atoms with van der Waals surface area (Å²) in [5.74, 6) is 0.757. The third-order valence-electron chi connectivity index (χ3n) is 8.64. The van der Waals surface area contributed by atoms with E-state index in [0.717, 1.165) is 47.2 Å². The number of amides is 1. The Balaban J connectivity index is 1.20. The molecule has 0 unspecified atom stereocenters. The van der Waals surface area contributed by atoms with Crippen molar-refractivity contribution in [1.82, 2.24) is 19.2 Å². The molecule has 206 valence electrons. The normalized spacial score (nSPS) is 22.0. The minimum absolute atomic E-state index is 0.0475. The maximum absolute atomic E-state index is 13.2. The van der Waals surface area contributed by atoms with Gasteiger partial charge < -0.3 is 15.4 Å². The molecule has 1 aromatic carbocycles. The molecule has 3 N–H and O–H groups in total. The van der Waals surface area contributed by atoms with Gasteiger partial charge in [0.15, 0.2) is 0 Å². The lowest BCUT2D eigenvalue weighted by atomic mass is 9.73. The van der Waals surface area contributed by atoms with Crippen LogP contribution >= 0.6 is 0 Å². The summed E-state index contributed by atoms with van der Waals surface area (Å²) >= 11 is 0. The number of rotatable bonds is 6. The second kappa shape index (κ2) is 9.68. The average molecular weight is 544 g/mol. The van der Waals surface area contributed by atoms with Gasteiger partial charge in [-0.2, -0.15) is 0 Å². The number of hydrogen-bond donors (Lipinski definition) is 3. The molecule has 1 aliphatic carbocycles. The molecule has 38 heavy (non-hydrogen) atoms. The molecule has 1 aromatic heterocycles. The van der Waals surface area contributed by atoms with Gasteiger partial charge in [-0.15, -0.1) is 0 Å². The Kier molecular flexibility index (Phi) is 6.79. The van der Waals surface area contributed by atoms with Gasteiger partial charge >= 0.3 is 5.69 Å². The van der Waals surface area contributed by atoms with Gasteiger partial charge in [0.2, 0.25) is 15.9 Å². The number of piperidine rings is 1. The van der Waals surface area contributed by atoms with Crippen molar-refractivity contribution in [2.45, 2.75) is 71.3 Å². The average Bonchev–Trinajstić information content (AvgIpc) is 3.36. The van der Waals surface area contributed by atoms with Crippen LogP contribution in [-0.4, -0.2) is 63.5 Å². The molecule has 1 spiro atoms. The highest BCUT2D eigenvalue weighted by atomic mass is 32.2. The van der Waals surface area contributed by atoms with Crippen LogP contribution in [0, 0.1) is 18.3 Å². The topological polar surface area (TPSA) is 137 Å². The van der Waals surface area contributed by atoms with Gasteiger partial charge in [0.05, 0.1) is 17.6 Å². The van der Waals surface area contributed by atoms with E-state index < -0.39 is 21.3 Å². The molecule has 0 atom stereocenters. The van der Waals surface area contributed by atoms with Gasteiger partial charge in [-0.25, -0.2) is 22.1 Å². The Labute approximate surface area is 223 Å². The zero-order valence-corrected chi connectivity index (χ0v) is 23.1. The summed E-state index contributed by atoms with van der Waals surface area (Å²) < 4.78 is 29.0. The molecule has 2 aliphatic heterocycles. The Morgan fingerprint density at radius 3 is 2.39 bits per heavy atom. The number of imidazole rings is 1. The monoisotopic (exact) mass is 543 g/mol. The number of benzene rings is 1. The summed E-state index contributed by atoms with van der Waals surface area (Å²) in [5.41, 5.74) is 1.23. The number of aromatic nitrogens is 2. The number of hydrogen-bond acceptors (Lipinski definition) is 6. The van der Waals surface area contributed by atoms with Gasteiger partial charge in [0.1, 0.15) is 11.4 Å². The second-order valence-electron chi connectivity index (χ2n) is 11.8. The number of aryl methyl sites for hydroxylation is 2. The van der Waals surface area contributed by atoms with Crippen LogP contribution in [0.2, 0.25) is 0 Å². The first-order valence-corrected chi connectivity index (χ1v) is 15.0. The molecule has 2 fully saturated rings. The Morgan fingerprint density at radius 1 is 1.11 bits per heavy atom. The number of aromatic amines is 1. The first-order chi connectivity index (χ1) is 17.9. The standard InChI is InChI=1S/C27H37N5O5S/c1-18-16-21(32-22(33)17-28-25(32)35)5-4-19(18)8-15-38(36,37)31-13-11-27(12-14-31)24(34)29-23(30-27)20-6-9-26(2,3)10-7-20/h4-5,16-17,20,33H,6-15H2,1-3H3,(H,28,35)(H,29,30,34). The number of sulfonamides is 1. The molecule has 3 aliphatic rings. The fourth-order valence-corrected chi connectivity index (χ4v) is 7.43. The number of carbonyl (C=O) groups excluding carboxylic acids is 1. The minimum Gasteiger partial charge on any atom is -0.493 e. The summed E-state index contributed by atoms with van der Waals surface area (Å²) in [6.45, 7) is 6.97. The maximum Gasteiger partial charge on any atom is 0.333 e. The molecule has 5 rings (SSSR count). The summed E-state index contributed by atoms with van der Waals surface area (Å²) in [7, 11) is -3.52. The zero-order valence-electron chi connectivity index (χ0n) is 22.3. The molecule has 11 heteroatoms. The predicted molar refractivity (Wildman–Crippen MR) is 145 cm³/mol. The highest BCUT2D eigenvalue weighted by molar-refractivity contribution is 7.89. The molecule has 1 amide bonds. The molecule has 0 bridgehead atoms. The fourth-order valence-electron chi connectivity index (χ4n) is 5.96. The van der Waals surface area contributed by atoms with Crippen LogP contribution in [0.5, 0.6) is 5.88 Å². The van der Waals surface area contributed by atoms with Crippen LogP contribution in [0.25, 0.3) is 5.69 Å². The highest BCUT2D eigenvalue weighted by Gasteiger charge is 2.48. The van der Waals surface area contributed by atoms with Gasteiger partial charge in [-0.1, -0.05) is 19.9 Å². The van der Waals surface area contributed by atoms with Gasteiger partial charge in [0, 0.05) is 19.0 Å². The molecule has 0 radical (unpaired) electrons. The van der Waals surface area contributed by atoms with Crippen molar-refractivity contribution >= 4 is 21.8 Å². The summed E-state index contributed by atoms with van der Waals surface area (Å²) in [5, 5.41) is 12.9. The Bertz CT molecular complexity index is 1420. The number of carbonyl (C=O) groups is 1. The van der Waals surface area contributed by atoms with Gasteiger partial charge in [-0.3, -0.25) is 9.79 Å². The van der Waals surface area contributed by atoms with E-state index in [2.05, 4.69) is 24.1 Å². The minimum atomic E-state index is -3.52. The number of aromatic hydroxyl groups is 1. The Hall–Kier alpha value is -2.92. The van der Waals surface area contributed by atoms with Crippen molar-refractivity contribution in [3.63, 3.8) is 0 Å². The van der Waals surface area contributed by atoms with Crippen molar-refractivity contribution in [2.24, 2.45) is 16.3 Å². The van der Waals surface area contributed by atoms with Crippen molar-refractivity contribution in [3.05, 3.63) is 46.0 Å². The molecule has 2 aromatic rings. The van der Waals surface area contributed by atoms with Crippen molar-refractivity contribution in [1.29, 1.82) is 0 Å². The zero-order chi connectivity index (χ0) is 27.3. The van der Waals surface area contributed by atoms with Gasteiger partial charge in [0.25, 0.3) is 5.91 Å². The lowest BCUT2D eigenvalue weighted by Gasteiger charge is -2.35. The van der Waals surface area contributed by atoms with E-state index in [0.29, 0.717) is 30.4 Å². The maximum atomic E-state index is 13.2. The lowest BCUT2D eigenvalue weighted by Crippen LogP contribution is -2.51. The Morgan fingerprint density at radius 2 is 1.79 bits per heavy atom. The fraction of sp³-hybridized carbons (Fsp3) is 0.593. The summed E-state index contributed by atoms with van der Waals surface area (Å²) in [6.07, 6.45) is 6.59. The number of nitrogens with zero attached hydrogens (tertiary/aromatic N) is 3. The van der Waals surface area contributed by atoms with Crippen molar-refractivity contribution < 1.29 is 18.3 Å². The molecule has 3 heterocycles. The highest BCUT2D eigenvalue weighted by Crippen LogP contribution is 2.40.